The number of carbonyl (C=O) groups excluding carboxylic acids is 5. The van der Waals surface area contributed by atoms with E-state index in [9.17, 15) is 29.1 Å². The molecule has 0 saturated heterocycles. The maximum Gasteiger partial charge on any atom is 0.347 e. The zero-order valence-electron chi connectivity index (χ0n) is 17.0. The average Bonchev–Trinajstić information content (AvgIpc) is 3.27. The fourth-order valence-corrected chi connectivity index (χ4v) is 3.43. The average molecular weight is 460 g/mol. The minimum Gasteiger partial charge on any atom is -0.428 e. The molecule has 34 heavy (non-hydrogen) atoms. The van der Waals surface area contributed by atoms with E-state index in [2.05, 4.69) is 9.47 Å². The van der Waals surface area contributed by atoms with E-state index >= 15 is 0 Å². The Bertz CT molecular complexity index is 1400. The Morgan fingerprint density at radius 2 is 1.21 bits per heavy atom. The molecule has 0 aromatic heterocycles. The number of benzene rings is 3. The van der Waals surface area contributed by atoms with Crippen LogP contribution < -0.4 is 9.47 Å². The van der Waals surface area contributed by atoms with Crippen molar-refractivity contribution in [3.63, 3.8) is 0 Å². The summed E-state index contributed by atoms with van der Waals surface area (Å²) in [5, 5.41) is 9.72. The lowest BCUT2D eigenvalue weighted by molar-refractivity contribution is -0.0548. The van der Waals surface area contributed by atoms with E-state index < -0.39 is 36.1 Å². The van der Waals surface area contributed by atoms with E-state index in [1.807, 2.05) is 0 Å². The third-order valence-electron chi connectivity index (χ3n) is 5.12. The molecular weight excluding hydrogens is 448 g/mol. The Kier molecular flexibility index (Phi) is 4.91. The van der Waals surface area contributed by atoms with E-state index in [0.717, 1.165) is 0 Å². The number of esters is 5. The molecule has 2 heterocycles. The summed E-state index contributed by atoms with van der Waals surface area (Å²) in [5.74, 6) is -3.61. The Morgan fingerprint density at radius 3 is 1.82 bits per heavy atom. The SMILES string of the molecule is O=C(Oc1ccc2c(c1)C(=O)OC2=O)c1ccc(C(=O)Oc2ccc3c(c2)C(O)OC3=O)cc1. The van der Waals surface area contributed by atoms with Gasteiger partial charge in [0.05, 0.1) is 27.8 Å². The molecule has 0 amide bonds. The highest BCUT2D eigenvalue weighted by molar-refractivity contribution is 6.15. The summed E-state index contributed by atoms with van der Waals surface area (Å²) in [6.45, 7) is 0. The van der Waals surface area contributed by atoms with Crippen molar-refractivity contribution in [3.8, 4) is 11.5 Å². The molecule has 0 saturated carbocycles. The Labute approximate surface area is 190 Å². The first kappa shape index (κ1) is 21.0. The van der Waals surface area contributed by atoms with Crippen LogP contribution in [0.3, 0.4) is 0 Å². The monoisotopic (exact) mass is 460 g/mol. The van der Waals surface area contributed by atoms with Crippen molar-refractivity contribution in [3.05, 3.63) is 94.0 Å². The summed E-state index contributed by atoms with van der Waals surface area (Å²) < 4.78 is 19.7. The number of hydrogen-bond donors (Lipinski definition) is 1. The number of fused-ring (bicyclic) bond motifs is 2. The molecule has 1 N–H and O–H groups in total. The lowest BCUT2D eigenvalue weighted by atomic mass is 10.1. The number of hydrogen-bond acceptors (Lipinski definition) is 10. The lowest BCUT2D eigenvalue weighted by Gasteiger charge is -2.08. The molecule has 2 aliphatic rings. The maximum atomic E-state index is 12.4. The molecule has 0 bridgehead atoms. The van der Waals surface area contributed by atoms with Crippen molar-refractivity contribution in [2.45, 2.75) is 6.29 Å². The largest absolute Gasteiger partial charge is 0.428 e. The molecule has 3 aromatic carbocycles. The summed E-state index contributed by atoms with van der Waals surface area (Å²) in [4.78, 5) is 59.5. The van der Waals surface area contributed by atoms with Gasteiger partial charge in [-0.25, -0.2) is 24.0 Å². The lowest BCUT2D eigenvalue weighted by Crippen LogP contribution is -2.11. The van der Waals surface area contributed by atoms with Crippen molar-refractivity contribution < 1.29 is 48.0 Å². The molecular formula is C24H12O10. The second-order valence-electron chi connectivity index (χ2n) is 7.25. The van der Waals surface area contributed by atoms with Gasteiger partial charge in [0.25, 0.3) is 0 Å². The second-order valence-corrected chi connectivity index (χ2v) is 7.25. The van der Waals surface area contributed by atoms with Crippen molar-refractivity contribution in [1.82, 2.24) is 0 Å². The highest BCUT2D eigenvalue weighted by atomic mass is 16.6. The predicted molar refractivity (Wildman–Crippen MR) is 109 cm³/mol. The zero-order valence-corrected chi connectivity index (χ0v) is 17.0. The first-order valence-corrected chi connectivity index (χ1v) is 9.78. The molecule has 3 aromatic rings. The molecule has 0 fully saturated rings. The molecule has 2 aliphatic heterocycles. The molecule has 1 unspecified atom stereocenters. The molecule has 10 heteroatoms. The molecule has 10 nitrogen and oxygen atoms in total. The van der Waals surface area contributed by atoms with Crippen molar-refractivity contribution >= 4 is 29.8 Å². The minimum absolute atomic E-state index is 0.00314. The van der Waals surface area contributed by atoms with Crippen LogP contribution in [-0.4, -0.2) is 35.0 Å². The minimum atomic E-state index is -1.43. The van der Waals surface area contributed by atoms with Gasteiger partial charge in [0.1, 0.15) is 11.5 Å². The van der Waals surface area contributed by atoms with Gasteiger partial charge in [0.15, 0.2) is 0 Å². The van der Waals surface area contributed by atoms with Crippen LogP contribution in [0.15, 0.2) is 60.7 Å². The summed E-state index contributed by atoms with van der Waals surface area (Å²) >= 11 is 0. The Morgan fingerprint density at radius 1 is 0.676 bits per heavy atom. The normalized spacial score (nSPS) is 15.8. The van der Waals surface area contributed by atoms with Gasteiger partial charge < -0.3 is 24.1 Å². The highest BCUT2D eigenvalue weighted by Gasteiger charge is 2.31. The highest BCUT2D eigenvalue weighted by Crippen LogP contribution is 2.32. The van der Waals surface area contributed by atoms with Crippen LogP contribution in [0, 0.1) is 0 Å². The van der Waals surface area contributed by atoms with Gasteiger partial charge in [-0.15, -0.1) is 0 Å². The van der Waals surface area contributed by atoms with E-state index in [1.54, 1.807) is 0 Å². The zero-order chi connectivity index (χ0) is 24.0. The van der Waals surface area contributed by atoms with Crippen LogP contribution in [0.1, 0.15) is 63.6 Å². The van der Waals surface area contributed by atoms with Gasteiger partial charge in [0, 0.05) is 5.56 Å². The Hall–Kier alpha value is -4.83. The number of cyclic esters (lactones) is 3. The van der Waals surface area contributed by atoms with Crippen molar-refractivity contribution in [2.24, 2.45) is 0 Å². The fraction of sp³-hybridized carbons (Fsp3) is 0.0417. The second kappa shape index (κ2) is 7.94. The third-order valence-corrected chi connectivity index (χ3v) is 5.12. The van der Waals surface area contributed by atoms with Gasteiger partial charge in [-0.3, -0.25) is 0 Å². The van der Waals surface area contributed by atoms with Gasteiger partial charge in [0.2, 0.25) is 6.29 Å². The molecule has 5 rings (SSSR count). The molecule has 0 spiro atoms. The first-order chi connectivity index (χ1) is 16.3. The van der Waals surface area contributed by atoms with E-state index in [-0.39, 0.29) is 44.9 Å². The number of aliphatic hydroxyl groups is 1. The summed E-state index contributed by atoms with van der Waals surface area (Å²) in [7, 11) is 0. The first-order valence-electron chi connectivity index (χ1n) is 9.78. The summed E-state index contributed by atoms with van der Waals surface area (Å²) in [6.07, 6.45) is -1.43. The standard InChI is InChI=1S/C24H12O10/c25-19(31-13-5-7-15-17(9-13)23(29)33-21(15)27)11-1-2-12(4-3-11)20(26)32-14-6-8-16-18(10-14)24(30)34-22(16)28/h1-10,23,29H. The van der Waals surface area contributed by atoms with Crippen LogP contribution >= 0.6 is 0 Å². The van der Waals surface area contributed by atoms with Crippen molar-refractivity contribution in [1.29, 1.82) is 0 Å². The number of carbonyl (C=O) groups is 5. The van der Waals surface area contributed by atoms with Crippen LogP contribution in [0.25, 0.3) is 0 Å². The van der Waals surface area contributed by atoms with Crippen LogP contribution in [0.2, 0.25) is 0 Å². The van der Waals surface area contributed by atoms with E-state index in [4.69, 9.17) is 9.47 Å². The topological polar surface area (TPSA) is 143 Å². The number of aliphatic hydroxyl groups excluding tert-OH is 1. The Balaban J connectivity index is 1.26. The van der Waals surface area contributed by atoms with Gasteiger partial charge >= 0.3 is 29.8 Å². The molecule has 0 radical (unpaired) electrons. The van der Waals surface area contributed by atoms with Crippen molar-refractivity contribution in [2.75, 3.05) is 0 Å². The molecule has 168 valence electrons. The van der Waals surface area contributed by atoms with Crippen LogP contribution in [-0.2, 0) is 9.47 Å². The summed E-state index contributed by atoms with van der Waals surface area (Å²) in [5.41, 5.74) is 0.711. The quantitative estimate of drug-likeness (QED) is 0.351. The summed E-state index contributed by atoms with van der Waals surface area (Å²) in [6, 6.07) is 13.4. The van der Waals surface area contributed by atoms with Gasteiger partial charge in [-0.2, -0.15) is 0 Å². The number of rotatable bonds is 4. The molecule has 0 aliphatic carbocycles. The number of ether oxygens (including phenoxy) is 4. The fourth-order valence-electron chi connectivity index (χ4n) is 3.43. The van der Waals surface area contributed by atoms with Crippen LogP contribution in [0.5, 0.6) is 11.5 Å². The maximum absolute atomic E-state index is 12.4. The van der Waals surface area contributed by atoms with Crippen LogP contribution in [0.4, 0.5) is 0 Å². The predicted octanol–water partition coefficient (Wildman–Crippen LogP) is 2.60. The van der Waals surface area contributed by atoms with Gasteiger partial charge in [-0.1, -0.05) is 0 Å². The smallest absolute Gasteiger partial charge is 0.347 e. The van der Waals surface area contributed by atoms with E-state index in [0.29, 0.717) is 0 Å². The van der Waals surface area contributed by atoms with Gasteiger partial charge in [-0.05, 0) is 60.7 Å². The third kappa shape index (κ3) is 3.67. The van der Waals surface area contributed by atoms with E-state index in [1.165, 1.54) is 60.7 Å². The molecule has 1 atom stereocenters.